The number of hydrogen-bond acceptors (Lipinski definition) is 3. The van der Waals surface area contributed by atoms with Gasteiger partial charge in [0.1, 0.15) is 5.82 Å². The average Bonchev–Trinajstić information content (AvgIpc) is 2.38. The summed E-state index contributed by atoms with van der Waals surface area (Å²) >= 11 is 0. The fourth-order valence-electron chi connectivity index (χ4n) is 2.31. The molecular weight excluding hydrogens is 255 g/mol. The summed E-state index contributed by atoms with van der Waals surface area (Å²) in [5, 5.41) is 0. The van der Waals surface area contributed by atoms with Crippen molar-refractivity contribution < 1.29 is 9.13 Å². The molecule has 1 aromatic carbocycles. The summed E-state index contributed by atoms with van der Waals surface area (Å²) in [7, 11) is 2.01. The average molecular weight is 282 g/mol. The zero-order valence-electron chi connectivity index (χ0n) is 13.0. The van der Waals surface area contributed by atoms with E-state index >= 15 is 0 Å². The molecule has 1 aromatic rings. The molecule has 0 saturated carbocycles. The second-order valence-electron chi connectivity index (χ2n) is 5.47. The van der Waals surface area contributed by atoms with Gasteiger partial charge in [0.05, 0.1) is 12.7 Å². The number of benzene rings is 1. The van der Waals surface area contributed by atoms with Crippen LogP contribution in [0.1, 0.15) is 38.8 Å². The predicted octanol–water partition coefficient (Wildman–Crippen LogP) is 2.96. The lowest BCUT2D eigenvalue weighted by atomic mass is 9.96. The maximum Gasteiger partial charge on any atom is 0.123 e. The molecule has 2 unspecified atom stereocenters. The number of halogens is 1. The van der Waals surface area contributed by atoms with Gasteiger partial charge in [-0.3, -0.25) is 4.90 Å². The van der Waals surface area contributed by atoms with Crippen LogP contribution in [-0.4, -0.2) is 37.2 Å². The van der Waals surface area contributed by atoms with Crippen LogP contribution in [0.15, 0.2) is 24.3 Å². The van der Waals surface area contributed by atoms with E-state index < -0.39 is 0 Å². The Morgan fingerprint density at radius 3 is 2.60 bits per heavy atom. The van der Waals surface area contributed by atoms with E-state index in [1.165, 1.54) is 6.07 Å². The second kappa shape index (κ2) is 8.35. The molecule has 0 radical (unpaired) electrons. The van der Waals surface area contributed by atoms with Gasteiger partial charge in [0.25, 0.3) is 0 Å². The summed E-state index contributed by atoms with van der Waals surface area (Å²) in [6.07, 6.45) is 1.06. The molecule has 1 rings (SSSR count). The van der Waals surface area contributed by atoms with Gasteiger partial charge in [-0.1, -0.05) is 19.1 Å². The first-order chi connectivity index (χ1) is 9.45. The molecular formula is C16H27FN2O. The first-order valence-electron chi connectivity index (χ1n) is 7.28. The van der Waals surface area contributed by atoms with Gasteiger partial charge < -0.3 is 10.5 Å². The molecule has 0 heterocycles. The third-order valence-corrected chi connectivity index (χ3v) is 3.44. The highest BCUT2D eigenvalue weighted by Crippen LogP contribution is 2.24. The van der Waals surface area contributed by atoms with E-state index in [9.17, 15) is 4.39 Å². The second-order valence-corrected chi connectivity index (χ2v) is 5.47. The monoisotopic (exact) mass is 282 g/mol. The normalized spacial score (nSPS) is 14.8. The largest absolute Gasteiger partial charge is 0.377 e. The van der Waals surface area contributed by atoms with Crippen molar-refractivity contribution in [1.82, 2.24) is 4.90 Å². The number of nitrogens with zero attached hydrogens (tertiary/aromatic N) is 1. The molecule has 0 amide bonds. The van der Waals surface area contributed by atoms with Crippen LogP contribution in [0.5, 0.6) is 0 Å². The molecule has 0 aliphatic rings. The van der Waals surface area contributed by atoms with Gasteiger partial charge in [-0.15, -0.1) is 0 Å². The number of hydrogen-bond donors (Lipinski definition) is 1. The number of rotatable bonds is 8. The predicted molar refractivity (Wildman–Crippen MR) is 81.1 cm³/mol. The lowest BCUT2D eigenvalue weighted by Crippen LogP contribution is -2.40. The van der Waals surface area contributed by atoms with Crippen LogP contribution in [0.25, 0.3) is 0 Å². The van der Waals surface area contributed by atoms with E-state index in [-0.39, 0.29) is 24.0 Å². The molecule has 0 bridgehead atoms. The molecule has 3 nitrogen and oxygen atoms in total. The summed E-state index contributed by atoms with van der Waals surface area (Å²) in [6, 6.07) is 6.67. The van der Waals surface area contributed by atoms with Crippen LogP contribution in [0.3, 0.4) is 0 Å². The van der Waals surface area contributed by atoms with Gasteiger partial charge in [0, 0.05) is 18.6 Å². The van der Waals surface area contributed by atoms with Crippen molar-refractivity contribution in [2.24, 2.45) is 5.73 Å². The topological polar surface area (TPSA) is 38.5 Å². The van der Waals surface area contributed by atoms with Crippen LogP contribution >= 0.6 is 0 Å². The molecule has 2 atom stereocenters. The summed E-state index contributed by atoms with van der Waals surface area (Å²) in [5.74, 6) is -0.220. The third kappa shape index (κ3) is 5.19. The van der Waals surface area contributed by atoms with Gasteiger partial charge in [-0.2, -0.15) is 0 Å². The van der Waals surface area contributed by atoms with Crippen molar-refractivity contribution in [2.45, 2.75) is 45.4 Å². The van der Waals surface area contributed by atoms with Crippen molar-refractivity contribution in [3.8, 4) is 0 Å². The van der Waals surface area contributed by atoms with Crippen LogP contribution in [-0.2, 0) is 4.74 Å². The highest BCUT2D eigenvalue weighted by atomic mass is 19.1. The van der Waals surface area contributed by atoms with Crippen molar-refractivity contribution in [1.29, 1.82) is 0 Å². The fourth-order valence-corrected chi connectivity index (χ4v) is 2.31. The van der Waals surface area contributed by atoms with Gasteiger partial charge >= 0.3 is 0 Å². The minimum Gasteiger partial charge on any atom is -0.377 e. The van der Waals surface area contributed by atoms with Gasteiger partial charge in [0.15, 0.2) is 0 Å². The summed E-state index contributed by atoms with van der Waals surface area (Å²) < 4.78 is 19.0. The Morgan fingerprint density at radius 2 is 2.05 bits per heavy atom. The van der Waals surface area contributed by atoms with E-state index in [4.69, 9.17) is 10.5 Å². The lowest BCUT2D eigenvalue weighted by molar-refractivity contribution is 0.0526. The van der Waals surface area contributed by atoms with Crippen molar-refractivity contribution in [3.63, 3.8) is 0 Å². The Balaban J connectivity index is 2.78. The molecule has 20 heavy (non-hydrogen) atoms. The molecule has 0 spiro atoms. The van der Waals surface area contributed by atoms with Crippen LogP contribution in [0.4, 0.5) is 4.39 Å². The van der Waals surface area contributed by atoms with E-state index in [1.54, 1.807) is 12.1 Å². The van der Waals surface area contributed by atoms with E-state index in [0.717, 1.165) is 18.5 Å². The van der Waals surface area contributed by atoms with Gasteiger partial charge in [-0.25, -0.2) is 4.39 Å². The smallest absolute Gasteiger partial charge is 0.123 e. The molecule has 2 N–H and O–H groups in total. The minimum absolute atomic E-state index is 0.00598. The Labute approximate surface area is 121 Å². The maximum atomic E-state index is 13.4. The standard InChI is InChI=1S/C16H27FN2O/c1-5-15(18)16(13-7-6-8-14(17)11-13)19(4)9-10-20-12(2)3/h6-8,11-12,15-16H,5,9-10,18H2,1-4H3. The highest BCUT2D eigenvalue weighted by molar-refractivity contribution is 5.21. The van der Waals surface area contributed by atoms with E-state index in [0.29, 0.717) is 6.61 Å². The number of likely N-dealkylation sites (N-methyl/N-ethyl adjacent to an activating group) is 1. The van der Waals surface area contributed by atoms with Crippen molar-refractivity contribution in [3.05, 3.63) is 35.6 Å². The van der Waals surface area contributed by atoms with Crippen molar-refractivity contribution >= 4 is 0 Å². The highest BCUT2D eigenvalue weighted by Gasteiger charge is 2.23. The summed E-state index contributed by atoms with van der Waals surface area (Å²) in [5.41, 5.74) is 7.15. The maximum absolute atomic E-state index is 13.4. The number of nitrogens with two attached hydrogens (primary N) is 1. The molecule has 114 valence electrons. The van der Waals surface area contributed by atoms with Crippen LogP contribution in [0, 0.1) is 5.82 Å². The number of ether oxygens (including phenoxy) is 1. The van der Waals surface area contributed by atoms with Gasteiger partial charge in [0.2, 0.25) is 0 Å². The van der Waals surface area contributed by atoms with E-state index in [1.807, 2.05) is 27.0 Å². The Morgan fingerprint density at radius 1 is 1.35 bits per heavy atom. The summed E-state index contributed by atoms with van der Waals surface area (Å²) in [6.45, 7) is 7.50. The van der Waals surface area contributed by atoms with Crippen LogP contribution in [0.2, 0.25) is 0 Å². The molecule has 0 aliphatic carbocycles. The zero-order valence-corrected chi connectivity index (χ0v) is 13.0. The third-order valence-electron chi connectivity index (χ3n) is 3.44. The molecule has 0 fully saturated rings. The summed E-state index contributed by atoms with van der Waals surface area (Å²) in [4.78, 5) is 2.14. The first kappa shape index (κ1) is 17.1. The lowest BCUT2D eigenvalue weighted by Gasteiger charge is -2.33. The Kier molecular flexibility index (Phi) is 7.13. The first-order valence-corrected chi connectivity index (χ1v) is 7.28. The SMILES string of the molecule is CCC(N)C(c1cccc(F)c1)N(C)CCOC(C)C. The quantitative estimate of drug-likeness (QED) is 0.796. The Bertz CT molecular complexity index is 398. The molecule has 0 aliphatic heterocycles. The molecule has 0 aromatic heterocycles. The van der Waals surface area contributed by atoms with Crippen LogP contribution < -0.4 is 5.73 Å². The van der Waals surface area contributed by atoms with E-state index in [2.05, 4.69) is 11.8 Å². The van der Waals surface area contributed by atoms with Crippen molar-refractivity contribution in [2.75, 3.05) is 20.2 Å². The Hall–Kier alpha value is -0.970. The molecule has 4 heteroatoms. The zero-order chi connectivity index (χ0) is 15.1. The molecule has 0 saturated heterocycles. The van der Waals surface area contributed by atoms with Gasteiger partial charge in [-0.05, 0) is 45.0 Å². The fraction of sp³-hybridized carbons (Fsp3) is 0.625. The minimum atomic E-state index is -0.220.